The van der Waals surface area contributed by atoms with Crippen LogP contribution in [0.4, 0.5) is 5.69 Å². The summed E-state index contributed by atoms with van der Waals surface area (Å²) < 4.78 is 0. The summed E-state index contributed by atoms with van der Waals surface area (Å²) >= 11 is 0. The SMILES string of the molecule is CN(C)c1ccc(CNCc2ccc(-c3nc4c(cc3-c3ccccc3)C(C=O)NC=C4)cc2)cc1. The molecule has 0 saturated carbocycles. The summed E-state index contributed by atoms with van der Waals surface area (Å²) in [5.74, 6) is 0. The van der Waals surface area contributed by atoms with Gasteiger partial charge in [0.25, 0.3) is 0 Å². The minimum Gasteiger partial charge on any atom is -0.378 e. The van der Waals surface area contributed by atoms with Crippen molar-refractivity contribution in [2.75, 3.05) is 19.0 Å². The lowest BCUT2D eigenvalue weighted by Gasteiger charge is -2.21. The van der Waals surface area contributed by atoms with Crippen molar-refractivity contribution < 1.29 is 4.79 Å². The molecule has 1 aromatic heterocycles. The summed E-state index contributed by atoms with van der Waals surface area (Å²) in [5.41, 5.74) is 9.46. The second kappa shape index (κ2) is 10.6. The van der Waals surface area contributed by atoms with Gasteiger partial charge in [-0.3, -0.25) is 0 Å². The smallest absolute Gasteiger partial charge is 0.146 e. The summed E-state index contributed by atoms with van der Waals surface area (Å²) in [6, 6.07) is 29.1. The topological polar surface area (TPSA) is 57.3 Å². The maximum atomic E-state index is 11.6. The second-order valence-corrected chi connectivity index (χ2v) is 9.20. The maximum absolute atomic E-state index is 11.6. The average Bonchev–Trinajstić information content (AvgIpc) is 2.93. The highest BCUT2D eigenvalue weighted by Crippen LogP contribution is 2.35. The highest BCUT2D eigenvalue weighted by Gasteiger charge is 2.21. The van der Waals surface area contributed by atoms with Crippen LogP contribution in [-0.2, 0) is 17.9 Å². The van der Waals surface area contributed by atoms with E-state index >= 15 is 0 Å². The van der Waals surface area contributed by atoms with Crippen LogP contribution in [0.5, 0.6) is 0 Å². The van der Waals surface area contributed by atoms with Gasteiger partial charge in [0.1, 0.15) is 12.3 Å². The molecule has 5 heteroatoms. The number of nitrogens with zero attached hydrogens (tertiary/aromatic N) is 2. The first-order valence-corrected chi connectivity index (χ1v) is 12.2. The molecule has 0 aliphatic carbocycles. The van der Waals surface area contributed by atoms with Gasteiger partial charge in [0.05, 0.1) is 11.4 Å². The van der Waals surface area contributed by atoms with Crippen LogP contribution < -0.4 is 15.5 Å². The molecule has 0 amide bonds. The molecule has 5 rings (SSSR count). The molecular formula is C31H30N4O. The van der Waals surface area contributed by atoms with Crippen LogP contribution in [0.2, 0.25) is 0 Å². The van der Waals surface area contributed by atoms with Crippen molar-refractivity contribution >= 4 is 18.0 Å². The van der Waals surface area contributed by atoms with E-state index in [1.807, 2.05) is 24.3 Å². The van der Waals surface area contributed by atoms with Gasteiger partial charge in [-0.15, -0.1) is 0 Å². The largest absolute Gasteiger partial charge is 0.378 e. The zero-order valence-electron chi connectivity index (χ0n) is 20.6. The van der Waals surface area contributed by atoms with Crippen molar-refractivity contribution in [1.82, 2.24) is 15.6 Å². The van der Waals surface area contributed by atoms with Gasteiger partial charge in [0.2, 0.25) is 0 Å². The molecule has 0 bridgehead atoms. The molecular weight excluding hydrogens is 444 g/mol. The number of pyridine rings is 1. The van der Waals surface area contributed by atoms with Crippen LogP contribution in [0.3, 0.4) is 0 Å². The second-order valence-electron chi connectivity index (χ2n) is 9.20. The van der Waals surface area contributed by atoms with E-state index in [4.69, 9.17) is 4.98 Å². The van der Waals surface area contributed by atoms with Crippen molar-refractivity contribution in [2.45, 2.75) is 19.1 Å². The van der Waals surface area contributed by atoms with E-state index in [0.29, 0.717) is 0 Å². The van der Waals surface area contributed by atoms with Crippen molar-refractivity contribution in [3.05, 3.63) is 114 Å². The average molecular weight is 475 g/mol. The quantitative estimate of drug-likeness (QED) is 0.326. The molecule has 0 saturated heterocycles. The van der Waals surface area contributed by atoms with E-state index in [9.17, 15) is 4.79 Å². The summed E-state index contributed by atoms with van der Waals surface area (Å²) in [7, 11) is 4.10. The Hall–Kier alpha value is -4.22. The third kappa shape index (κ3) is 5.07. The molecule has 180 valence electrons. The number of fused-ring (bicyclic) bond motifs is 1. The zero-order chi connectivity index (χ0) is 24.9. The van der Waals surface area contributed by atoms with Gasteiger partial charge in [0.15, 0.2) is 0 Å². The molecule has 2 heterocycles. The Balaban J connectivity index is 1.37. The molecule has 2 N–H and O–H groups in total. The normalized spacial score (nSPS) is 14.1. The molecule has 0 fully saturated rings. The summed E-state index contributed by atoms with van der Waals surface area (Å²) in [6.45, 7) is 1.60. The number of hydrogen-bond donors (Lipinski definition) is 2. The first kappa shape index (κ1) is 23.5. The Labute approximate surface area is 212 Å². The van der Waals surface area contributed by atoms with Crippen LogP contribution >= 0.6 is 0 Å². The van der Waals surface area contributed by atoms with E-state index in [1.54, 1.807) is 6.20 Å². The molecule has 1 atom stereocenters. The monoisotopic (exact) mass is 474 g/mol. The van der Waals surface area contributed by atoms with Gasteiger partial charge >= 0.3 is 0 Å². The van der Waals surface area contributed by atoms with E-state index < -0.39 is 0 Å². The number of rotatable bonds is 8. The van der Waals surface area contributed by atoms with Gasteiger partial charge in [-0.25, -0.2) is 4.98 Å². The highest BCUT2D eigenvalue weighted by atomic mass is 16.1. The van der Waals surface area contributed by atoms with E-state index in [2.05, 4.69) is 96.4 Å². The fourth-order valence-corrected chi connectivity index (χ4v) is 4.46. The number of aromatic nitrogens is 1. The lowest BCUT2D eigenvalue weighted by Crippen LogP contribution is -2.21. The molecule has 0 radical (unpaired) electrons. The first-order valence-electron chi connectivity index (χ1n) is 12.2. The third-order valence-electron chi connectivity index (χ3n) is 6.49. The lowest BCUT2D eigenvalue weighted by atomic mass is 9.93. The molecule has 3 aromatic carbocycles. The number of carbonyl (C=O) groups excluding carboxylic acids is 1. The number of benzene rings is 3. The predicted molar refractivity (Wildman–Crippen MR) is 147 cm³/mol. The van der Waals surface area contributed by atoms with Crippen LogP contribution in [-0.4, -0.2) is 25.4 Å². The van der Waals surface area contributed by atoms with Crippen LogP contribution in [0.1, 0.15) is 28.4 Å². The third-order valence-corrected chi connectivity index (χ3v) is 6.49. The lowest BCUT2D eigenvalue weighted by molar-refractivity contribution is -0.109. The highest BCUT2D eigenvalue weighted by molar-refractivity contribution is 5.84. The molecule has 1 aliphatic rings. The van der Waals surface area contributed by atoms with Crippen LogP contribution in [0.25, 0.3) is 28.5 Å². The summed E-state index contributed by atoms with van der Waals surface area (Å²) in [6.07, 6.45) is 4.65. The van der Waals surface area contributed by atoms with Crippen molar-refractivity contribution in [1.29, 1.82) is 0 Å². The predicted octanol–water partition coefficient (Wildman–Crippen LogP) is 5.59. The minimum absolute atomic E-state index is 0.387. The fourth-order valence-electron chi connectivity index (χ4n) is 4.46. The molecule has 4 aromatic rings. The first-order chi connectivity index (χ1) is 17.6. The Kier molecular flexibility index (Phi) is 6.92. The van der Waals surface area contributed by atoms with Gasteiger partial charge in [-0.05, 0) is 47.2 Å². The van der Waals surface area contributed by atoms with Crippen LogP contribution in [0, 0.1) is 0 Å². The number of hydrogen-bond acceptors (Lipinski definition) is 5. The summed E-state index contributed by atoms with van der Waals surface area (Å²) in [4.78, 5) is 18.8. The van der Waals surface area contributed by atoms with Crippen LogP contribution in [0.15, 0.2) is 91.1 Å². The Morgan fingerprint density at radius 1 is 0.889 bits per heavy atom. The molecule has 1 aliphatic heterocycles. The van der Waals surface area contributed by atoms with Crippen molar-refractivity contribution in [3.8, 4) is 22.4 Å². The Morgan fingerprint density at radius 3 is 2.19 bits per heavy atom. The zero-order valence-corrected chi connectivity index (χ0v) is 20.6. The number of aldehydes is 1. The van der Waals surface area contributed by atoms with Gasteiger partial charge in [0, 0.05) is 49.6 Å². The van der Waals surface area contributed by atoms with Gasteiger partial charge in [-0.1, -0.05) is 66.7 Å². The molecule has 1 unspecified atom stereocenters. The standard InChI is InChI=1S/C31H30N4O/c1-35(2)26-14-10-23(11-15-26)20-32-19-22-8-12-25(13-9-22)31-27(24-6-4-3-5-7-24)18-28-29(34-31)16-17-33-30(28)21-36/h3-18,21,30,32-33H,19-20H2,1-2H3. The molecule has 36 heavy (non-hydrogen) atoms. The van der Waals surface area contributed by atoms with E-state index in [-0.39, 0.29) is 6.04 Å². The number of carbonyl (C=O) groups is 1. The van der Waals surface area contributed by atoms with Gasteiger partial charge in [-0.2, -0.15) is 0 Å². The van der Waals surface area contributed by atoms with E-state index in [0.717, 1.165) is 53.0 Å². The maximum Gasteiger partial charge on any atom is 0.146 e. The van der Waals surface area contributed by atoms with Crippen molar-refractivity contribution in [2.24, 2.45) is 0 Å². The minimum atomic E-state index is -0.387. The van der Waals surface area contributed by atoms with Crippen molar-refractivity contribution in [3.63, 3.8) is 0 Å². The fraction of sp³-hybridized carbons (Fsp3) is 0.161. The number of nitrogens with one attached hydrogen (secondary N) is 2. The Morgan fingerprint density at radius 2 is 1.56 bits per heavy atom. The van der Waals surface area contributed by atoms with Gasteiger partial charge < -0.3 is 20.3 Å². The molecule has 0 spiro atoms. The Bertz CT molecular complexity index is 1360. The number of anilines is 1. The summed E-state index contributed by atoms with van der Waals surface area (Å²) in [5, 5.41) is 6.65. The molecule has 5 nitrogen and oxygen atoms in total. The van der Waals surface area contributed by atoms with E-state index in [1.165, 1.54) is 16.8 Å².